The van der Waals surface area contributed by atoms with Gasteiger partial charge in [0.15, 0.2) is 5.13 Å². The third-order valence-corrected chi connectivity index (χ3v) is 4.67. The second-order valence-electron chi connectivity index (χ2n) is 4.88. The predicted molar refractivity (Wildman–Crippen MR) is 77.1 cm³/mol. The number of hydrogen-bond acceptors (Lipinski definition) is 4. The zero-order valence-corrected chi connectivity index (χ0v) is 11.4. The van der Waals surface area contributed by atoms with Gasteiger partial charge in [-0.1, -0.05) is 24.3 Å². The topological polar surface area (TPSA) is 62.7 Å². The summed E-state index contributed by atoms with van der Waals surface area (Å²) in [6.07, 6.45) is 3.85. The number of aromatic nitrogens is 1. The van der Waals surface area contributed by atoms with Gasteiger partial charge in [-0.15, -0.1) is 11.3 Å². The van der Waals surface area contributed by atoms with Crippen molar-refractivity contribution in [3.63, 3.8) is 0 Å². The monoisotopic (exact) mass is 269 g/mol. The average molecular weight is 269 g/mol. The molecule has 0 saturated heterocycles. The lowest BCUT2D eigenvalue weighted by atomic mass is 9.86. The van der Waals surface area contributed by atoms with Crippen LogP contribution in [0.2, 0.25) is 0 Å². The molecule has 19 heavy (non-hydrogen) atoms. The molecule has 0 radical (unpaired) electrons. The van der Waals surface area contributed by atoms with Crippen LogP contribution in [-0.4, -0.2) is 4.98 Å². The summed E-state index contributed by atoms with van der Waals surface area (Å²) in [6.45, 7) is 0. The Kier molecular flexibility index (Phi) is 3.22. The van der Waals surface area contributed by atoms with Crippen molar-refractivity contribution < 1.29 is 0 Å². The molecule has 1 atom stereocenters. The van der Waals surface area contributed by atoms with Gasteiger partial charge in [0.1, 0.15) is 0 Å². The van der Waals surface area contributed by atoms with Crippen molar-refractivity contribution in [2.24, 2.45) is 0 Å². The van der Waals surface area contributed by atoms with Gasteiger partial charge in [-0.05, 0) is 30.4 Å². The fourth-order valence-electron chi connectivity index (χ4n) is 2.72. The summed E-state index contributed by atoms with van der Waals surface area (Å²) in [5.41, 5.74) is 9.40. The number of rotatable bonds is 2. The molecule has 1 heterocycles. The molecule has 3 rings (SSSR count). The van der Waals surface area contributed by atoms with Crippen LogP contribution >= 0.6 is 11.3 Å². The maximum Gasteiger partial charge on any atom is 0.180 e. The summed E-state index contributed by atoms with van der Waals surface area (Å²) in [4.78, 5) is 5.76. The van der Waals surface area contributed by atoms with Gasteiger partial charge in [-0.2, -0.15) is 5.26 Å². The number of nitriles is 1. The van der Waals surface area contributed by atoms with Crippen LogP contribution in [0.3, 0.4) is 0 Å². The first kappa shape index (κ1) is 12.2. The Labute approximate surface area is 116 Å². The first-order chi connectivity index (χ1) is 9.28. The molecule has 1 aliphatic rings. The van der Waals surface area contributed by atoms with Crippen molar-refractivity contribution in [1.29, 1.82) is 5.26 Å². The van der Waals surface area contributed by atoms with E-state index in [1.165, 1.54) is 22.6 Å². The number of aryl methyl sites for hydroxylation is 1. The van der Waals surface area contributed by atoms with Crippen LogP contribution in [0.1, 0.15) is 40.5 Å². The van der Waals surface area contributed by atoms with Gasteiger partial charge in [0, 0.05) is 10.8 Å². The van der Waals surface area contributed by atoms with E-state index in [0.717, 1.165) is 18.4 Å². The van der Waals surface area contributed by atoms with Crippen molar-refractivity contribution in [3.8, 4) is 6.07 Å². The van der Waals surface area contributed by atoms with Crippen LogP contribution in [-0.2, 0) is 12.8 Å². The minimum atomic E-state index is 0.426. The Bertz CT molecular complexity index is 622. The van der Waals surface area contributed by atoms with Crippen molar-refractivity contribution in [3.05, 3.63) is 46.0 Å². The summed E-state index contributed by atoms with van der Waals surface area (Å²) in [6, 6.07) is 10.6. The van der Waals surface area contributed by atoms with E-state index in [9.17, 15) is 0 Å². The van der Waals surface area contributed by atoms with Crippen LogP contribution < -0.4 is 5.73 Å². The molecule has 2 N–H and O–H groups in total. The molecule has 3 nitrogen and oxygen atoms in total. The number of hydrogen-bond donors (Lipinski definition) is 1. The van der Waals surface area contributed by atoms with E-state index in [1.807, 2.05) is 0 Å². The van der Waals surface area contributed by atoms with Crippen LogP contribution in [0, 0.1) is 11.3 Å². The molecule has 1 unspecified atom stereocenters. The van der Waals surface area contributed by atoms with Crippen molar-refractivity contribution in [1.82, 2.24) is 4.98 Å². The van der Waals surface area contributed by atoms with Crippen molar-refractivity contribution in [2.75, 3.05) is 5.73 Å². The van der Waals surface area contributed by atoms with Gasteiger partial charge in [-0.25, -0.2) is 4.98 Å². The quantitative estimate of drug-likeness (QED) is 0.910. The Balaban J connectivity index is 1.92. The Morgan fingerprint density at radius 2 is 2.16 bits per heavy atom. The van der Waals surface area contributed by atoms with E-state index in [2.05, 4.69) is 35.3 Å². The molecule has 96 valence electrons. The number of thiazole rings is 1. The zero-order chi connectivity index (χ0) is 13.2. The molecule has 0 saturated carbocycles. The molecular formula is C15H15N3S. The van der Waals surface area contributed by atoms with Crippen LogP contribution in [0.15, 0.2) is 24.3 Å². The van der Waals surface area contributed by atoms with E-state index in [1.54, 1.807) is 11.3 Å². The molecule has 1 aromatic heterocycles. The summed E-state index contributed by atoms with van der Waals surface area (Å²) in [5.74, 6) is 0.426. The molecule has 0 bridgehead atoms. The van der Waals surface area contributed by atoms with E-state index in [-0.39, 0.29) is 0 Å². The van der Waals surface area contributed by atoms with Crippen LogP contribution in [0.25, 0.3) is 0 Å². The van der Waals surface area contributed by atoms with Gasteiger partial charge in [-0.3, -0.25) is 0 Å². The van der Waals surface area contributed by atoms with Gasteiger partial charge < -0.3 is 5.73 Å². The van der Waals surface area contributed by atoms with E-state index in [0.29, 0.717) is 17.5 Å². The molecule has 0 amide bonds. The molecular weight excluding hydrogens is 254 g/mol. The minimum absolute atomic E-state index is 0.426. The second kappa shape index (κ2) is 5.02. The fourth-order valence-corrected chi connectivity index (χ4v) is 3.76. The van der Waals surface area contributed by atoms with E-state index in [4.69, 9.17) is 11.0 Å². The summed E-state index contributed by atoms with van der Waals surface area (Å²) >= 11 is 1.62. The lowest BCUT2D eigenvalue weighted by Gasteiger charge is -2.21. The molecule has 0 spiro atoms. The third-order valence-electron chi connectivity index (χ3n) is 3.63. The van der Waals surface area contributed by atoms with Gasteiger partial charge in [0.05, 0.1) is 18.2 Å². The zero-order valence-electron chi connectivity index (χ0n) is 10.6. The number of benzene rings is 1. The Hall–Kier alpha value is -1.86. The molecule has 0 aliphatic heterocycles. The number of nitrogen functional groups attached to an aromatic ring is 1. The number of nitrogens with two attached hydrogens (primary N) is 1. The standard InChI is InChI=1S/C15H15N3S/c16-9-8-10-4-6-11(7-5-10)12-2-1-3-13-14(12)19-15(17)18-13/h4-7,12H,1-3,8H2,(H2,17,18). The molecule has 1 aliphatic carbocycles. The predicted octanol–water partition coefficient (Wildman–Crippen LogP) is 3.26. The maximum atomic E-state index is 8.70. The van der Waals surface area contributed by atoms with Crippen molar-refractivity contribution in [2.45, 2.75) is 31.6 Å². The minimum Gasteiger partial charge on any atom is -0.375 e. The normalized spacial score (nSPS) is 17.7. The van der Waals surface area contributed by atoms with Gasteiger partial charge >= 0.3 is 0 Å². The average Bonchev–Trinajstić information content (AvgIpc) is 2.80. The molecule has 0 fully saturated rings. The molecule has 4 heteroatoms. The number of fused-ring (bicyclic) bond motifs is 1. The molecule has 2 aromatic rings. The number of nitrogens with zero attached hydrogens (tertiary/aromatic N) is 2. The van der Waals surface area contributed by atoms with Crippen molar-refractivity contribution >= 4 is 16.5 Å². The highest BCUT2D eigenvalue weighted by molar-refractivity contribution is 7.15. The van der Waals surface area contributed by atoms with Gasteiger partial charge in [0.25, 0.3) is 0 Å². The van der Waals surface area contributed by atoms with Crippen LogP contribution in [0.4, 0.5) is 5.13 Å². The summed E-state index contributed by atoms with van der Waals surface area (Å²) in [5, 5.41) is 9.38. The smallest absolute Gasteiger partial charge is 0.180 e. The first-order valence-electron chi connectivity index (χ1n) is 6.49. The second-order valence-corrected chi connectivity index (χ2v) is 5.95. The summed E-state index contributed by atoms with van der Waals surface area (Å²) < 4.78 is 0. The largest absolute Gasteiger partial charge is 0.375 e. The fraction of sp³-hybridized carbons (Fsp3) is 0.333. The number of anilines is 1. The molecule has 1 aromatic carbocycles. The van der Waals surface area contributed by atoms with E-state index < -0.39 is 0 Å². The lowest BCUT2D eigenvalue weighted by molar-refractivity contribution is 0.617. The van der Waals surface area contributed by atoms with Crippen LogP contribution in [0.5, 0.6) is 0 Å². The highest BCUT2D eigenvalue weighted by Crippen LogP contribution is 2.40. The first-order valence-corrected chi connectivity index (χ1v) is 7.30. The summed E-state index contributed by atoms with van der Waals surface area (Å²) in [7, 11) is 0. The van der Waals surface area contributed by atoms with Gasteiger partial charge in [0.2, 0.25) is 0 Å². The SMILES string of the molecule is N#CCc1ccc(C2CCCc3nc(N)sc32)cc1. The highest BCUT2D eigenvalue weighted by Gasteiger charge is 2.25. The third kappa shape index (κ3) is 2.34. The Morgan fingerprint density at radius 3 is 2.89 bits per heavy atom. The highest BCUT2D eigenvalue weighted by atomic mass is 32.1. The Morgan fingerprint density at radius 1 is 1.37 bits per heavy atom. The maximum absolute atomic E-state index is 8.70. The lowest BCUT2D eigenvalue weighted by Crippen LogP contribution is -2.09. The van der Waals surface area contributed by atoms with E-state index >= 15 is 0 Å².